The molecule has 1 amide bonds. The Morgan fingerprint density at radius 3 is 2.65 bits per heavy atom. The molecule has 0 radical (unpaired) electrons. The van der Waals surface area contributed by atoms with Crippen molar-refractivity contribution in [2.45, 2.75) is 6.92 Å². The minimum atomic E-state index is -3.60. The highest BCUT2D eigenvalue weighted by molar-refractivity contribution is 7.90. The Bertz CT molecular complexity index is 525. The number of carbonyl (C=O) groups is 1. The van der Waals surface area contributed by atoms with Crippen LogP contribution in [-0.2, 0) is 10.0 Å². The lowest BCUT2D eigenvalue weighted by atomic mass is 10.1. The molecule has 6 nitrogen and oxygen atoms in total. The molecule has 0 bridgehead atoms. The average molecular weight is 258 g/mol. The molecule has 0 fully saturated rings. The van der Waals surface area contributed by atoms with Gasteiger partial charge in [-0.2, -0.15) is 0 Å². The molecule has 0 spiro atoms. The predicted molar refractivity (Wildman–Crippen MR) is 64.3 cm³/mol. The SMILES string of the molecule is CCS(=O)(=O)NC(=O)c1cc(OC)ccc1N. The van der Waals surface area contributed by atoms with Crippen molar-refractivity contribution in [3.8, 4) is 5.75 Å². The molecule has 1 rings (SSSR count). The van der Waals surface area contributed by atoms with Crippen molar-refractivity contribution in [1.82, 2.24) is 4.72 Å². The van der Waals surface area contributed by atoms with Gasteiger partial charge in [-0.3, -0.25) is 4.79 Å². The Morgan fingerprint density at radius 1 is 1.47 bits per heavy atom. The van der Waals surface area contributed by atoms with E-state index in [2.05, 4.69) is 0 Å². The van der Waals surface area contributed by atoms with Crippen LogP contribution in [0.25, 0.3) is 0 Å². The first kappa shape index (κ1) is 13.3. The molecular weight excluding hydrogens is 244 g/mol. The number of anilines is 1. The maximum absolute atomic E-state index is 11.7. The standard InChI is InChI=1S/C10H14N2O4S/c1-3-17(14,15)12-10(13)8-6-7(16-2)4-5-9(8)11/h4-6H,3,11H2,1-2H3,(H,12,13). The molecule has 0 atom stereocenters. The van der Waals surface area contributed by atoms with E-state index in [0.29, 0.717) is 5.75 Å². The number of ether oxygens (including phenoxy) is 1. The number of nitrogens with two attached hydrogens (primary N) is 1. The molecule has 7 heteroatoms. The number of nitrogens with one attached hydrogen (secondary N) is 1. The van der Waals surface area contributed by atoms with Crippen LogP contribution in [-0.4, -0.2) is 27.2 Å². The Kier molecular flexibility index (Phi) is 3.95. The molecule has 0 aliphatic heterocycles. The minimum Gasteiger partial charge on any atom is -0.497 e. The highest BCUT2D eigenvalue weighted by Gasteiger charge is 2.16. The van der Waals surface area contributed by atoms with Gasteiger partial charge in [0.25, 0.3) is 5.91 Å². The van der Waals surface area contributed by atoms with Crippen molar-refractivity contribution in [3.63, 3.8) is 0 Å². The number of nitrogen functional groups attached to an aromatic ring is 1. The zero-order chi connectivity index (χ0) is 13.1. The van der Waals surface area contributed by atoms with E-state index in [1.54, 1.807) is 6.07 Å². The van der Waals surface area contributed by atoms with Crippen LogP contribution in [0.1, 0.15) is 17.3 Å². The van der Waals surface area contributed by atoms with Crippen molar-refractivity contribution >= 4 is 21.6 Å². The molecule has 0 heterocycles. The number of hydrogen-bond acceptors (Lipinski definition) is 5. The summed E-state index contributed by atoms with van der Waals surface area (Å²) in [6, 6.07) is 4.45. The molecular formula is C10H14N2O4S. The molecule has 0 unspecified atom stereocenters. The number of hydrogen-bond donors (Lipinski definition) is 2. The third-order valence-electron chi connectivity index (χ3n) is 2.13. The van der Waals surface area contributed by atoms with E-state index in [9.17, 15) is 13.2 Å². The average Bonchev–Trinajstić information content (AvgIpc) is 2.29. The first-order valence-electron chi connectivity index (χ1n) is 4.88. The fraction of sp³-hybridized carbons (Fsp3) is 0.300. The lowest BCUT2D eigenvalue weighted by molar-refractivity contribution is 0.0982. The van der Waals surface area contributed by atoms with Crippen LogP contribution in [0.3, 0.4) is 0 Å². The smallest absolute Gasteiger partial charge is 0.266 e. The first-order chi connectivity index (χ1) is 7.89. The van der Waals surface area contributed by atoms with Crippen LogP contribution in [0.5, 0.6) is 5.75 Å². The molecule has 3 N–H and O–H groups in total. The van der Waals surface area contributed by atoms with E-state index in [0.717, 1.165) is 0 Å². The van der Waals surface area contributed by atoms with Gasteiger partial charge >= 0.3 is 0 Å². The number of rotatable bonds is 4. The second-order valence-corrected chi connectivity index (χ2v) is 5.30. The summed E-state index contributed by atoms with van der Waals surface area (Å²) in [5.41, 5.74) is 5.85. The van der Waals surface area contributed by atoms with E-state index < -0.39 is 15.9 Å². The topological polar surface area (TPSA) is 98.5 Å². The van der Waals surface area contributed by atoms with Crippen molar-refractivity contribution in [3.05, 3.63) is 23.8 Å². The van der Waals surface area contributed by atoms with Gasteiger partial charge in [0.15, 0.2) is 0 Å². The van der Waals surface area contributed by atoms with E-state index in [-0.39, 0.29) is 17.0 Å². The van der Waals surface area contributed by atoms with Gasteiger partial charge in [0.1, 0.15) is 5.75 Å². The summed E-state index contributed by atoms with van der Waals surface area (Å²) < 4.78 is 29.3. The number of amides is 1. The third-order valence-corrected chi connectivity index (χ3v) is 3.39. The molecule has 0 aliphatic rings. The number of benzene rings is 1. The van der Waals surface area contributed by atoms with Crippen LogP contribution in [0.2, 0.25) is 0 Å². The van der Waals surface area contributed by atoms with Gasteiger partial charge in [-0.1, -0.05) is 0 Å². The zero-order valence-corrected chi connectivity index (χ0v) is 10.4. The lowest BCUT2D eigenvalue weighted by Gasteiger charge is -2.08. The van der Waals surface area contributed by atoms with Gasteiger partial charge < -0.3 is 10.5 Å². The van der Waals surface area contributed by atoms with Crippen LogP contribution >= 0.6 is 0 Å². The van der Waals surface area contributed by atoms with E-state index in [4.69, 9.17) is 10.5 Å². The molecule has 0 aliphatic carbocycles. The van der Waals surface area contributed by atoms with Crippen molar-refractivity contribution in [2.75, 3.05) is 18.6 Å². The molecule has 0 saturated carbocycles. The summed E-state index contributed by atoms with van der Waals surface area (Å²) in [5.74, 6) is -0.510. The molecule has 0 aromatic heterocycles. The summed E-state index contributed by atoms with van der Waals surface area (Å²) in [5, 5.41) is 0. The van der Waals surface area contributed by atoms with Crippen LogP contribution in [0.4, 0.5) is 5.69 Å². The van der Waals surface area contributed by atoms with Crippen LogP contribution in [0.15, 0.2) is 18.2 Å². The zero-order valence-electron chi connectivity index (χ0n) is 9.56. The normalized spacial score (nSPS) is 10.9. The third kappa shape index (κ3) is 3.35. The molecule has 17 heavy (non-hydrogen) atoms. The largest absolute Gasteiger partial charge is 0.497 e. The van der Waals surface area contributed by atoms with Gasteiger partial charge in [0.05, 0.1) is 18.4 Å². The maximum Gasteiger partial charge on any atom is 0.266 e. The number of carbonyl (C=O) groups excluding carboxylic acids is 1. The molecule has 1 aromatic rings. The van der Waals surface area contributed by atoms with E-state index in [1.807, 2.05) is 4.72 Å². The van der Waals surface area contributed by atoms with Crippen molar-refractivity contribution in [1.29, 1.82) is 0 Å². The van der Waals surface area contributed by atoms with Gasteiger partial charge in [-0.25, -0.2) is 13.1 Å². The second kappa shape index (κ2) is 5.05. The summed E-state index contributed by atoms with van der Waals surface area (Å²) >= 11 is 0. The highest BCUT2D eigenvalue weighted by atomic mass is 32.2. The van der Waals surface area contributed by atoms with Crippen LogP contribution in [0, 0.1) is 0 Å². The second-order valence-electron chi connectivity index (χ2n) is 3.29. The Hall–Kier alpha value is -1.76. The van der Waals surface area contributed by atoms with E-state index in [1.165, 1.54) is 26.2 Å². The number of sulfonamides is 1. The van der Waals surface area contributed by atoms with Gasteiger partial charge in [0, 0.05) is 5.69 Å². The van der Waals surface area contributed by atoms with E-state index >= 15 is 0 Å². The van der Waals surface area contributed by atoms with Crippen LogP contribution < -0.4 is 15.2 Å². The number of methoxy groups -OCH3 is 1. The monoisotopic (exact) mass is 258 g/mol. The van der Waals surface area contributed by atoms with Gasteiger partial charge in [-0.15, -0.1) is 0 Å². The molecule has 0 saturated heterocycles. The fourth-order valence-corrected chi connectivity index (χ4v) is 1.66. The van der Waals surface area contributed by atoms with Gasteiger partial charge in [0.2, 0.25) is 10.0 Å². The Balaban J connectivity index is 3.04. The maximum atomic E-state index is 11.7. The Morgan fingerprint density at radius 2 is 2.12 bits per heavy atom. The van der Waals surface area contributed by atoms with Crippen molar-refractivity contribution < 1.29 is 17.9 Å². The summed E-state index contributed by atoms with van der Waals surface area (Å²) in [7, 11) is -2.16. The van der Waals surface area contributed by atoms with Crippen molar-refractivity contribution in [2.24, 2.45) is 0 Å². The quantitative estimate of drug-likeness (QED) is 0.760. The molecule has 94 valence electrons. The predicted octanol–water partition coefficient (Wildman–Crippen LogP) is 0.357. The summed E-state index contributed by atoms with van der Waals surface area (Å²) in [6.07, 6.45) is 0. The highest BCUT2D eigenvalue weighted by Crippen LogP contribution is 2.19. The minimum absolute atomic E-state index is 0.0707. The molecule has 1 aromatic carbocycles. The first-order valence-corrected chi connectivity index (χ1v) is 6.53. The van der Waals surface area contributed by atoms with Gasteiger partial charge in [-0.05, 0) is 25.1 Å². The summed E-state index contributed by atoms with van der Waals surface area (Å²) in [6.45, 7) is 1.44. The summed E-state index contributed by atoms with van der Waals surface area (Å²) in [4.78, 5) is 11.7. The lowest BCUT2D eigenvalue weighted by Crippen LogP contribution is -2.32. The Labute approximate surface area is 99.8 Å². The fourth-order valence-electron chi connectivity index (χ4n) is 1.13.